The summed E-state index contributed by atoms with van der Waals surface area (Å²) in [5.74, 6) is -1.11. The van der Waals surface area contributed by atoms with Crippen molar-refractivity contribution in [1.29, 1.82) is 0 Å². The zero-order valence-corrected chi connectivity index (χ0v) is 10.1. The molecule has 1 rings (SSSR count). The van der Waals surface area contributed by atoms with Gasteiger partial charge in [-0.15, -0.1) is 11.3 Å². The largest absolute Gasteiger partial charge is 0.481 e. The molecule has 0 aliphatic carbocycles. The molecule has 4 nitrogen and oxygen atoms in total. The van der Waals surface area contributed by atoms with Gasteiger partial charge in [-0.1, -0.05) is 13.0 Å². The monoisotopic (exact) mass is 241 g/mol. The normalized spacial score (nSPS) is 14.1. The number of aliphatic carboxylic acids is 1. The van der Waals surface area contributed by atoms with Crippen LogP contribution in [-0.2, 0) is 4.79 Å². The van der Waals surface area contributed by atoms with Crippen molar-refractivity contribution in [1.82, 2.24) is 5.32 Å². The van der Waals surface area contributed by atoms with E-state index < -0.39 is 11.5 Å². The Balaban J connectivity index is 2.70. The molecule has 1 atom stereocenters. The van der Waals surface area contributed by atoms with Crippen LogP contribution in [-0.4, -0.2) is 22.5 Å². The maximum atomic E-state index is 11.8. The summed E-state index contributed by atoms with van der Waals surface area (Å²) in [5, 5.41) is 13.4. The number of nitrogens with one attached hydrogen (secondary N) is 1. The summed E-state index contributed by atoms with van der Waals surface area (Å²) in [6, 6.07) is 3.51. The first-order valence-corrected chi connectivity index (χ1v) is 5.92. The van der Waals surface area contributed by atoms with Crippen molar-refractivity contribution < 1.29 is 14.7 Å². The fourth-order valence-electron chi connectivity index (χ4n) is 1.33. The summed E-state index contributed by atoms with van der Waals surface area (Å²) in [5.41, 5.74) is -0.688. The van der Waals surface area contributed by atoms with Crippen molar-refractivity contribution in [2.24, 2.45) is 0 Å². The molecule has 88 valence electrons. The number of carboxylic acids is 1. The predicted octanol–water partition coefficient (Wildman–Crippen LogP) is 2.12. The second-order valence-corrected chi connectivity index (χ2v) is 4.86. The number of carbonyl (C=O) groups excluding carboxylic acids is 1. The molecule has 0 spiro atoms. The SMILES string of the molecule is CCC(C)(CC(=O)O)NC(=O)c1cccs1. The first-order valence-electron chi connectivity index (χ1n) is 5.04. The van der Waals surface area contributed by atoms with Crippen LogP contribution in [0.3, 0.4) is 0 Å². The van der Waals surface area contributed by atoms with Gasteiger partial charge in [0.15, 0.2) is 0 Å². The number of carboxylic acid groups (broad SMARTS) is 1. The minimum absolute atomic E-state index is 0.0688. The van der Waals surface area contributed by atoms with E-state index >= 15 is 0 Å². The third kappa shape index (κ3) is 3.34. The molecule has 1 aromatic heterocycles. The molecular formula is C11H15NO3S. The van der Waals surface area contributed by atoms with Crippen LogP contribution in [0.25, 0.3) is 0 Å². The second-order valence-electron chi connectivity index (χ2n) is 3.92. The van der Waals surface area contributed by atoms with Gasteiger partial charge in [0.05, 0.1) is 11.3 Å². The van der Waals surface area contributed by atoms with E-state index in [2.05, 4.69) is 5.32 Å². The van der Waals surface area contributed by atoms with Crippen LogP contribution in [0.15, 0.2) is 17.5 Å². The number of thiophene rings is 1. The Hall–Kier alpha value is -1.36. The molecule has 0 aliphatic rings. The molecule has 5 heteroatoms. The lowest BCUT2D eigenvalue weighted by Crippen LogP contribution is -2.46. The highest BCUT2D eigenvalue weighted by molar-refractivity contribution is 7.12. The van der Waals surface area contributed by atoms with E-state index in [1.165, 1.54) is 11.3 Å². The van der Waals surface area contributed by atoms with Crippen LogP contribution in [0.5, 0.6) is 0 Å². The van der Waals surface area contributed by atoms with Gasteiger partial charge < -0.3 is 10.4 Å². The summed E-state index contributed by atoms with van der Waals surface area (Å²) in [7, 11) is 0. The molecule has 0 fully saturated rings. The Labute approximate surface area is 98.3 Å². The van der Waals surface area contributed by atoms with Gasteiger partial charge in [-0.3, -0.25) is 9.59 Å². The fraction of sp³-hybridized carbons (Fsp3) is 0.455. The molecule has 1 aromatic rings. The van der Waals surface area contributed by atoms with Crippen LogP contribution in [0.2, 0.25) is 0 Å². The van der Waals surface area contributed by atoms with Gasteiger partial charge >= 0.3 is 5.97 Å². The number of hydrogen-bond acceptors (Lipinski definition) is 3. The highest BCUT2D eigenvalue weighted by atomic mass is 32.1. The topological polar surface area (TPSA) is 66.4 Å². The molecule has 0 bridgehead atoms. The van der Waals surface area contributed by atoms with Gasteiger partial charge in [0.2, 0.25) is 0 Å². The molecule has 0 saturated heterocycles. The molecule has 0 aromatic carbocycles. The molecule has 1 amide bonds. The average Bonchev–Trinajstić information content (AvgIpc) is 2.69. The van der Waals surface area contributed by atoms with Gasteiger partial charge in [-0.05, 0) is 24.8 Å². The highest BCUT2D eigenvalue weighted by Gasteiger charge is 2.27. The summed E-state index contributed by atoms with van der Waals surface area (Å²) >= 11 is 1.34. The van der Waals surface area contributed by atoms with Gasteiger partial charge in [0.25, 0.3) is 5.91 Å². The van der Waals surface area contributed by atoms with Gasteiger partial charge in [0.1, 0.15) is 0 Å². The van der Waals surface area contributed by atoms with E-state index in [-0.39, 0.29) is 12.3 Å². The summed E-state index contributed by atoms with van der Waals surface area (Å²) in [6.45, 7) is 3.60. The first kappa shape index (κ1) is 12.7. The van der Waals surface area contributed by atoms with E-state index in [1.54, 1.807) is 19.1 Å². The summed E-state index contributed by atoms with van der Waals surface area (Å²) < 4.78 is 0. The number of amides is 1. The lowest BCUT2D eigenvalue weighted by atomic mass is 9.94. The van der Waals surface area contributed by atoms with Gasteiger partial charge in [-0.2, -0.15) is 0 Å². The Morgan fingerprint density at radius 3 is 2.69 bits per heavy atom. The molecule has 2 N–H and O–H groups in total. The minimum Gasteiger partial charge on any atom is -0.481 e. The highest BCUT2D eigenvalue weighted by Crippen LogP contribution is 2.17. The van der Waals surface area contributed by atoms with Gasteiger partial charge in [0, 0.05) is 5.54 Å². The quantitative estimate of drug-likeness (QED) is 0.829. The molecule has 0 radical (unpaired) electrons. The Morgan fingerprint density at radius 1 is 1.56 bits per heavy atom. The van der Waals surface area contributed by atoms with E-state index in [4.69, 9.17) is 5.11 Å². The fourth-order valence-corrected chi connectivity index (χ4v) is 1.95. The Morgan fingerprint density at radius 2 is 2.25 bits per heavy atom. The zero-order chi connectivity index (χ0) is 12.2. The smallest absolute Gasteiger partial charge is 0.305 e. The van der Waals surface area contributed by atoms with Crippen molar-refractivity contribution in [2.75, 3.05) is 0 Å². The van der Waals surface area contributed by atoms with Crippen molar-refractivity contribution in [3.8, 4) is 0 Å². The maximum Gasteiger partial charge on any atom is 0.305 e. The average molecular weight is 241 g/mol. The number of hydrogen-bond donors (Lipinski definition) is 2. The third-order valence-corrected chi connectivity index (χ3v) is 3.35. The minimum atomic E-state index is -0.907. The molecule has 1 unspecified atom stereocenters. The number of rotatable bonds is 5. The van der Waals surface area contributed by atoms with Crippen molar-refractivity contribution in [2.45, 2.75) is 32.2 Å². The molecule has 16 heavy (non-hydrogen) atoms. The van der Waals surface area contributed by atoms with Crippen LogP contribution < -0.4 is 5.32 Å². The van der Waals surface area contributed by atoms with Crippen LogP contribution in [0.1, 0.15) is 36.4 Å². The maximum absolute atomic E-state index is 11.8. The zero-order valence-electron chi connectivity index (χ0n) is 9.32. The molecule has 0 saturated carbocycles. The van der Waals surface area contributed by atoms with Crippen molar-refractivity contribution in [3.63, 3.8) is 0 Å². The van der Waals surface area contributed by atoms with Gasteiger partial charge in [-0.25, -0.2) is 0 Å². The van der Waals surface area contributed by atoms with Crippen LogP contribution in [0.4, 0.5) is 0 Å². The number of carbonyl (C=O) groups is 2. The summed E-state index contributed by atoms with van der Waals surface area (Å²) in [4.78, 5) is 23.1. The standard InChI is InChI=1S/C11H15NO3S/c1-3-11(2,7-9(13)14)12-10(15)8-5-4-6-16-8/h4-6H,3,7H2,1-2H3,(H,12,15)(H,13,14). The second kappa shape index (κ2) is 5.12. The van der Waals surface area contributed by atoms with Crippen LogP contribution >= 0.6 is 11.3 Å². The van der Waals surface area contributed by atoms with E-state index in [0.717, 1.165) is 0 Å². The van der Waals surface area contributed by atoms with E-state index in [9.17, 15) is 9.59 Å². The van der Waals surface area contributed by atoms with E-state index in [1.807, 2.05) is 12.3 Å². The van der Waals surface area contributed by atoms with Crippen molar-refractivity contribution >= 4 is 23.2 Å². The molecular weight excluding hydrogens is 226 g/mol. The molecule has 1 heterocycles. The predicted molar refractivity (Wildman–Crippen MR) is 62.7 cm³/mol. The Kier molecular flexibility index (Phi) is 4.06. The lowest BCUT2D eigenvalue weighted by molar-refractivity contribution is -0.138. The first-order chi connectivity index (χ1) is 7.47. The van der Waals surface area contributed by atoms with E-state index in [0.29, 0.717) is 11.3 Å². The third-order valence-electron chi connectivity index (χ3n) is 2.48. The lowest BCUT2D eigenvalue weighted by Gasteiger charge is -2.27. The van der Waals surface area contributed by atoms with Crippen molar-refractivity contribution in [3.05, 3.63) is 22.4 Å². The summed E-state index contributed by atoms with van der Waals surface area (Å²) in [6.07, 6.45) is 0.511. The Bertz CT molecular complexity index is 375. The molecule has 0 aliphatic heterocycles. The van der Waals surface area contributed by atoms with Crippen LogP contribution in [0, 0.1) is 0 Å².